The fourth-order valence-electron chi connectivity index (χ4n) is 10.1. The van der Waals surface area contributed by atoms with Gasteiger partial charge in [-0.05, 0) is 123 Å². The Morgan fingerprint density at radius 3 is 2.10 bits per heavy atom. The average Bonchev–Trinajstić information content (AvgIpc) is 3.15. The summed E-state index contributed by atoms with van der Waals surface area (Å²) >= 11 is 0. The third kappa shape index (κ3) is 3.91. The summed E-state index contributed by atoms with van der Waals surface area (Å²) in [6.07, 6.45) is 18.3. The molecule has 0 saturated heterocycles. The van der Waals surface area contributed by atoms with Crippen molar-refractivity contribution in [2.45, 2.75) is 119 Å². The predicted octanol–water partition coefficient (Wildman–Crippen LogP) is 9.86. The number of fused-ring (bicyclic) bond motifs is 7. The van der Waals surface area contributed by atoms with Gasteiger partial charge in [0.05, 0.1) is 0 Å². The summed E-state index contributed by atoms with van der Waals surface area (Å²) in [6.45, 7) is 24.3. The van der Waals surface area contributed by atoms with Crippen molar-refractivity contribution in [3.63, 3.8) is 0 Å². The minimum absolute atomic E-state index is 0.592. The summed E-state index contributed by atoms with van der Waals surface area (Å²) < 4.78 is 0. The van der Waals surface area contributed by atoms with E-state index in [2.05, 4.69) is 40.9 Å². The number of rotatable bonds is 0. The molecule has 0 bridgehead atoms. The normalized spacial score (nSPS) is 50.2. The SMILES string of the molecule is C=C1CCC2(C)C(CCC3(C)C4CCC5(C)CCCC5C4CCC23)C1C.C=CC.CC. The Hall–Kier alpha value is -0.520. The van der Waals surface area contributed by atoms with Crippen molar-refractivity contribution >= 4 is 0 Å². The highest BCUT2D eigenvalue weighted by Crippen LogP contribution is 2.71. The number of hydrogen-bond donors (Lipinski definition) is 0. The maximum absolute atomic E-state index is 4.45. The van der Waals surface area contributed by atoms with Crippen LogP contribution in [0.1, 0.15) is 119 Å². The number of hydrogen-bond acceptors (Lipinski definition) is 0. The molecule has 0 aromatic rings. The second kappa shape index (κ2) is 9.38. The van der Waals surface area contributed by atoms with Gasteiger partial charge < -0.3 is 0 Å². The van der Waals surface area contributed by atoms with E-state index in [1.54, 1.807) is 30.9 Å². The van der Waals surface area contributed by atoms with Crippen molar-refractivity contribution < 1.29 is 0 Å². The van der Waals surface area contributed by atoms with Gasteiger partial charge >= 0.3 is 0 Å². The molecule has 0 spiro atoms. The van der Waals surface area contributed by atoms with Crippen LogP contribution in [0.2, 0.25) is 0 Å². The highest BCUT2D eigenvalue weighted by Gasteiger charge is 2.63. The molecule has 0 heteroatoms. The molecule has 0 N–H and O–H groups in total. The molecule has 178 valence electrons. The van der Waals surface area contributed by atoms with Gasteiger partial charge in [0.15, 0.2) is 0 Å². The number of allylic oxidation sites excluding steroid dienone is 2. The fraction of sp³-hybridized carbons (Fsp3) is 0.871. The predicted molar refractivity (Wildman–Crippen MR) is 138 cm³/mol. The van der Waals surface area contributed by atoms with Crippen LogP contribution in [-0.2, 0) is 0 Å². The van der Waals surface area contributed by atoms with Gasteiger partial charge in [0.1, 0.15) is 0 Å². The lowest BCUT2D eigenvalue weighted by atomic mass is 9.37. The van der Waals surface area contributed by atoms with Gasteiger partial charge in [-0.3, -0.25) is 0 Å². The zero-order valence-corrected chi connectivity index (χ0v) is 22.2. The molecule has 9 unspecified atom stereocenters. The van der Waals surface area contributed by atoms with Crippen LogP contribution < -0.4 is 0 Å². The highest BCUT2D eigenvalue weighted by atomic mass is 14.7. The minimum Gasteiger partial charge on any atom is -0.103 e. The zero-order valence-electron chi connectivity index (χ0n) is 22.2. The van der Waals surface area contributed by atoms with Crippen LogP contribution in [0.25, 0.3) is 0 Å². The van der Waals surface area contributed by atoms with Crippen LogP contribution >= 0.6 is 0 Å². The molecule has 0 aliphatic heterocycles. The van der Waals surface area contributed by atoms with E-state index >= 15 is 0 Å². The van der Waals surface area contributed by atoms with E-state index < -0.39 is 0 Å². The maximum Gasteiger partial charge on any atom is -0.0201 e. The van der Waals surface area contributed by atoms with E-state index in [1.165, 1.54) is 51.4 Å². The first-order valence-electron chi connectivity index (χ1n) is 14.0. The molecule has 5 aliphatic rings. The molecular formula is C31H54. The van der Waals surface area contributed by atoms with E-state index in [9.17, 15) is 0 Å². The lowest BCUT2D eigenvalue weighted by Gasteiger charge is -2.67. The Morgan fingerprint density at radius 2 is 1.42 bits per heavy atom. The minimum atomic E-state index is 0.592. The van der Waals surface area contributed by atoms with Crippen LogP contribution in [0, 0.1) is 51.8 Å². The van der Waals surface area contributed by atoms with Gasteiger partial charge in [-0.25, -0.2) is 0 Å². The van der Waals surface area contributed by atoms with Crippen LogP contribution in [0.15, 0.2) is 24.8 Å². The Balaban J connectivity index is 0.000000504. The van der Waals surface area contributed by atoms with Gasteiger partial charge in [0, 0.05) is 0 Å². The van der Waals surface area contributed by atoms with Crippen LogP contribution in [-0.4, -0.2) is 0 Å². The molecule has 0 heterocycles. The molecule has 5 saturated carbocycles. The van der Waals surface area contributed by atoms with Crippen LogP contribution in [0.5, 0.6) is 0 Å². The summed E-state index contributed by atoms with van der Waals surface area (Å²) in [5, 5.41) is 0. The van der Waals surface area contributed by atoms with Crippen molar-refractivity contribution in [2.75, 3.05) is 0 Å². The van der Waals surface area contributed by atoms with Gasteiger partial charge in [-0.15, -0.1) is 6.58 Å². The van der Waals surface area contributed by atoms with E-state index in [4.69, 9.17) is 0 Å². The van der Waals surface area contributed by atoms with Gasteiger partial charge in [-0.2, -0.15) is 0 Å². The van der Waals surface area contributed by atoms with Crippen LogP contribution in [0.3, 0.4) is 0 Å². The first-order valence-corrected chi connectivity index (χ1v) is 14.0. The molecule has 0 aromatic heterocycles. The second-order valence-corrected chi connectivity index (χ2v) is 12.6. The lowest BCUT2D eigenvalue weighted by Crippen LogP contribution is -2.59. The summed E-state index contributed by atoms with van der Waals surface area (Å²) in [4.78, 5) is 0. The van der Waals surface area contributed by atoms with E-state index in [-0.39, 0.29) is 0 Å². The fourth-order valence-corrected chi connectivity index (χ4v) is 10.1. The third-order valence-electron chi connectivity index (χ3n) is 11.5. The second-order valence-electron chi connectivity index (χ2n) is 12.6. The smallest absolute Gasteiger partial charge is 0.0201 e. The topological polar surface area (TPSA) is 0 Å². The third-order valence-corrected chi connectivity index (χ3v) is 11.5. The Bertz CT molecular complexity index is 644. The van der Waals surface area contributed by atoms with Crippen molar-refractivity contribution in [1.29, 1.82) is 0 Å². The van der Waals surface area contributed by atoms with E-state index in [1.807, 2.05) is 20.8 Å². The molecule has 9 atom stereocenters. The van der Waals surface area contributed by atoms with Crippen LogP contribution in [0.4, 0.5) is 0 Å². The lowest BCUT2D eigenvalue weighted by molar-refractivity contribution is -0.175. The molecule has 5 aliphatic carbocycles. The Morgan fingerprint density at radius 1 is 0.806 bits per heavy atom. The van der Waals surface area contributed by atoms with Crippen molar-refractivity contribution in [3.8, 4) is 0 Å². The molecule has 5 fully saturated rings. The molecular weight excluding hydrogens is 372 g/mol. The quantitative estimate of drug-likeness (QED) is 0.338. The summed E-state index contributed by atoms with van der Waals surface area (Å²) in [6, 6.07) is 0. The Labute approximate surface area is 195 Å². The van der Waals surface area contributed by atoms with Gasteiger partial charge in [0.25, 0.3) is 0 Å². The standard InChI is InChI=1S/C26H42.C3H6.C2H6/c1-17-10-15-25(4)20(18(17)2)12-16-26(5)22-11-14-24(3)13-6-7-21(24)19(22)8-9-23(25)26;1-3-2;1-2/h18-23H,1,6-16H2,2-5H3;3H,1H2,2H3;1-2H3. The molecule has 0 radical (unpaired) electrons. The molecule has 31 heavy (non-hydrogen) atoms. The van der Waals surface area contributed by atoms with Gasteiger partial charge in [-0.1, -0.05) is 66.2 Å². The zero-order chi connectivity index (χ0) is 23.0. The molecule has 0 nitrogen and oxygen atoms in total. The van der Waals surface area contributed by atoms with Crippen molar-refractivity contribution in [3.05, 3.63) is 24.8 Å². The van der Waals surface area contributed by atoms with Gasteiger partial charge in [0.2, 0.25) is 0 Å². The van der Waals surface area contributed by atoms with E-state index in [0.29, 0.717) is 16.2 Å². The van der Waals surface area contributed by atoms with Crippen molar-refractivity contribution in [1.82, 2.24) is 0 Å². The summed E-state index contributed by atoms with van der Waals surface area (Å²) in [5.74, 6) is 5.83. The van der Waals surface area contributed by atoms with E-state index in [0.717, 1.165) is 35.5 Å². The largest absolute Gasteiger partial charge is 0.103 e. The first kappa shape index (κ1) is 25.1. The van der Waals surface area contributed by atoms with Crippen molar-refractivity contribution in [2.24, 2.45) is 51.8 Å². The Kier molecular flexibility index (Phi) is 7.60. The molecule has 0 amide bonds. The first-order chi connectivity index (χ1) is 14.7. The highest BCUT2D eigenvalue weighted by molar-refractivity contribution is 5.17. The monoisotopic (exact) mass is 426 g/mol. The maximum atomic E-state index is 4.45. The molecule has 0 aromatic carbocycles. The summed E-state index contributed by atoms with van der Waals surface area (Å²) in [5.41, 5.74) is 3.50. The summed E-state index contributed by atoms with van der Waals surface area (Å²) in [7, 11) is 0. The molecule has 5 rings (SSSR count). The average molecular weight is 427 g/mol.